The smallest absolute Gasteiger partial charge is 0.411 e. The summed E-state index contributed by atoms with van der Waals surface area (Å²) in [6.45, 7) is 2.24. The second kappa shape index (κ2) is 12.0. The Bertz CT molecular complexity index is 1150. The number of anilines is 3. The summed E-state index contributed by atoms with van der Waals surface area (Å²) in [6.07, 6.45) is 2.31. The molecule has 0 atom stereocenters. The lowest BCUT2D eigenvalue weighted by Gasteiger charge is -2.14. The van der Waals surface area contributed by atoms with E-state index in [9.17, 15) is 9.70 Å². The van der Waals surface area contributed by atoms with Gasteiger partial charge in [-0.2, -0.15) is 10.1 Å². The molecule has 0 bridgehead atoms. The van der Waals surface area contributed by atoms with E-state index in [0.717, 1.165) is 22.6 Å². The van der Waals surface area contributed by atoms with E-state index in [1.807, 2.05) is 56.3 Å². The van der Waals surface area contributed by atoms with Crippen LogP contribution in [0.4, 0.5) is 27.9 Å². The highest BCUT2D eigenvalue weighted by atomic mass is 16.5. The van der Waals surface area contributed by atoms with E-state index in [1.165, 1.54) is 12.1 Å². The third kappa shape index (κ3) is 7.66. The Kier molecular flexibility index (Phi) is 8.61. The molecule has 1 heterocycles. The molecule has 3 aromatic rings. The lowest BCUT2D eigenvalue weighted by molar-refractivity contribution is 0.160. The average molecular weight is 462 g/mol. The van der Waals surface area contributed by atoms with Gasteiger partial charge in [0.25, 0.3) is 0 Å². The molecule has 10 nitrogen and oxygen atoms in total. The highest BCUT2D eigenvalue weighted by Gasteiger charge is 2.08. The molecule has 0 aliphatic heterocycles. The van der Waals surface area contributed by atoms with Crippen LogP contribution in [0.25, 0.3) is 0 Å². The van der Waals surface area contributed by atoms with Gasteiger partial charge in [-0.15, -0.1) is 4.91 Å². The van der Waals surface area contributed by atoms with Gasteiger partial charge in [-0.05, 0) is 54.8 Å². The van der Waals surface area contributed by atoms with Gasteiger partial charge in [0.1, 0.15) is 11.5 Å². The molecule has 176 valence electrons. The number of aromatic nitrogens is 2. The summed E-state index contributed by atoms with van der Waals surface area (Å²) in [5.74, 6) is 1.13. The summed E-state index contributed by atoms with van der Waals surface area (Å²) in [4.78, 5) is 33.3. The third-order valence-corrected chi connectivity index (χ3v) is 4.67. The second-order valence-corrected chi connectivity index (χ2v) is 7.72. The first-order chi connectivity index (χ1) is 16.4. The van der Waals surface area contributed by atoms with Crippen LogP contribution in [-0.2, 0) is 11.2 Å². The zero-order chi connectivity index (χ0) is 24.3. The van der Waals surface area contributed by atoms with Crippen molar-refractivity contribution in [1.29, 1.82) is 0 Å². The van der Waals surface area contributed by atoms with E-state index in [1.54, 1.807) is 18.3 Å². The van der Waals surface area contributed by atoms with Crippen LogP contribution in [0.2, 0.25) is 0 Å². The van der Waals surface area contributed by atoms with Crippen molar-refractivity contribution < 1.29 is 9.53 Å². The summed E-state index contributed by atoms with van der Waals surface area (Å²) in [5, 5.41) is 9.66. The monoisotopic (exact) mass is 461 g/mol. The Hall–Kier alpha value is -4.34. The number of carbonyl (C=O) groups is 1. The van der Waals surface area contributed by atoms with Crippen molar-refractivity contribution in [3.8, 4) is 0 Å². The number of amides is 1. The lowest BCUT2D eigenvalue weighted by Crippen LogP contribution is -2.15. The first kappa shape index (κ1) is 24.3. The first-order valence-electron chi connectivity index (χ1n) is 10.7. The van der Waals surface area contributed by atoms with Crippen LogP contribution >= 0.6 is 0 Å². The molecule has 0 aliphatic carbocycles. The minimum Gasteiger partial charge on any atom is -0.449 e. The van der Waals surface area contributed by atoms with Gasteiger partial charge in [0, 0.05) is 31.5 Å². The number of nitrogens with zero attached hydrogens (tertiary/aromatic N) is 5. The van der Waals surface area contributed by atoms with Gasteiger partial charge in [-0.25, -0.2) is 15.2 Å². The van der Waals surface area contributed by atoms with Crippen LogP contribution in [0, 0.1) is 11.8 Å². The topological polar surface area (TPSA) is 121 Å². The SMILES string of the molecule is Cc1cccc(/C=N/Nc2nc(CCCOC(=O)Nc3ccc(N=O)cc3)cc(N(C)C)n2)c1. The van der Waals surface area contributed by atoms with Crippen LogP contribution in [0.1, 0.15) is 23.2 Å². The molecule has 0 fully saturated rings. The number of rotatable bonds is 10. The molecule has 1 amide bonds. The maximum Gasteiger partial charge on any atom is 0.411 e. The summed E-state index contributed by atoms with van der Waals surface area (Å²) >= 11 is 0. The number of hydrogen-bond donors (Lipinski definition) is 2. The molecule has 0 saturated carbocycles. The number of nitroso groups, excluding NO2 is 1. The van der Waals surface area contributed by atoms with Crippen LogP contribution in [0.15, 0.2) is 64.9 Å². The molecule has 3 rings (SSSR count). The maximum atomic E-state index is 12.0. The maximum absolute atomic E-state index is 12.0. The van der Waals surface area contributed by atoms with E-state index < -0.39 is 6.09 Å². The fourth-order valence-corrected chi connectivity index (χ4v) is 2.98. The van der Waals surface area contributed by atoms with Crippen LogP contribution in [0.3, 0.4) is 0 Å². The number of benzene rings is 2. The van der Waals surface area contributed by atoms with Gasteiger partial charge in [0.2, 0.25) is 5.95 Å². The minimum atomic E-state index is -0.573. The normalized spacial score (nSPS) is 10.7. The van der Waals surface area contributed by atoms with Gasteiger partial charge >= 0.3 is 6.09 Å². The minimum absolute atomic E-state index is 0.218. The Morgan fingerprint density at radius 2 is 1.91 bits per heavy atom. The molecule has 10 heteroatoms. The van der Waals surface area contributed by atoms with Crippen molar-refractivity contribution in [2.24, 2.45) is 10.3 Å². The molecule has 0 saturated heterocycles. The van der Waals surface area contributed by atoms with Crippen molar-refractivity contribution in [3.63, 3.8) is 0 Å². The Balaban J connectivity index is 1.52. The molecule has 1 aromatic heterocycles. The highest BCUT2D eigenvalue weighted by molar-refractivity contribution is 5.84. The summed E-state index contributed by atoms with van der Waals surface area (Å²) in [6, 6.07) is 16.1. The van der Waals surface area contributed by atoms with E-state index in [2.05, 4.69) is 31.0 Å². The van der Waals surface area contributed by atoms with Crippen LogP contribution < -0.4 is 15.6 Å². The largest absolute Gasteiger partial charge is 0.449 e. The van der Waals surface area contributed by atoms with E-state index in [-0.39, 0.29) is 12.3 Å². The standard InChI is InChI=1S/C24H27N7O3/c1-17-6-4-7-18(14-17)16-25-29-23-26-21(15-22(28-23)31(2)3)8-5-13-34-24(32)27-19-9-11-20(30-33)12-10-19/h4,6-7,9-12,14-16H,5,8,13H2,1-3H3,(H,27,32)(H,26,28,29)/b25-16+. The van der Waals surface area contributed by atoms with E-state index in [0.29, 0.717) is 24.5 Å². The number of aryl methyl sites for hydroxylation is 2. The average Bonchev–Trinajstić information content (AvgIpc) is 2.82. The predicted molar refractivity (Wildman–Crippen MR) is 134 cm³/mol. The summed E-state index contributed by atoms with van der Waals surface area (Å²) in [5.41, 5.74) is 6.63. The van der Waals surface area contributed by atoms with Gasteiger partial charge in [0.15, 0.2) is 0 Å². The quantitative estimate of drug-likeness (QED) is 0.191. The Morgan fingerprint density at radius 3 is 2.62 bits per heavy atom. The molecule has 34 heavy (non-hydrogen) atoms. The second-order valence-electron chi connectivity index (χ2n) is 7.72. The highest BCUT2D eigenvalue weighted by Crippen LogP contribution is 2.16. The van der Waals surface area contributed by atoms with Crippen molar-refractivity contribution in [2.75, 3.05) is 36.3 Å². The number of ether oxygens (including phenoxy) is 1. The first-order valence-corrected chi connectivity index (χ1v) is 10.7. The zero-order valence-corrected chi connectivity index (χ0v) is 19.4. The summed E-state index contributed by atoms with van der Waals surface area (Å²) in [7, 11) is 3.80. The molecule has 2 aromatic carbocycles. The Labute approximate surface area is 198 Å². The van der Waals surface area contributed by atoms with Gasteiger partial charge in [0.05, 0.1) is 12.8 Å². The van der Waals surface area contributed by atoms with E-state index in [4.69, 9.17) is 4.74 Å². The number of hydrazone groups is 1. The number of hydrogen-bond acceptors (Lipinski definition) is 9. The molecular weight excluding hydrogens is 434 g/mol. The van der Waals surface area contributed by atoms with Crippen molar-refractivity contribution in [3.05, 3.63) is 76.3 Å². The number of carbonyl (C=O) groups excluding carboxylic acids is 1. The molecule has 0 radical (unpaired) electrons. The number of nitrogens with one attached hydrogen (secondary N) is 2. The lowest BCUT2D eigenvalue weighted by atomic mass is 10.2. The molecule has 0 aliphatic rings. The third-order valence-electron chi connectivity index (χ3n) is 4.67. The van der Waals surface area contributed by atoms with Gasteiger partial charge < -0.3 is 9.64 Å². The molecular formula is C24H27N7O3. The fraction of sp³-hybridized carbons (Fsp3) is 0.250. The summed E-state index contributed by atoms with van der Waals surface area (Å²) < 4.78 is 5.23. The fourth-order valence-electron chi connectivity index (χ4n) is 2.98. The van der Waals surface area contributed by atoms with Gasteiger partial charge in [-0.1, -0.05) is 29.8 Å². The zero-order valence-electron chi connectivity index (χ0n) is 19.4. The Morgan fingerprint density at radius 1 is 1.12 bits per heavy atom. The van der Waals surface area contributed by atoms with Gasteiger partial charge in [-0.3, -0.25) is 5.32 Å². The predicted octanol–water partition coefficient (Wildman–Crippen LogP) is 4.88. The molecule has 2 N–H and O–H groups in total. The van der Waals surface area contributed by atoms with Crippen molar-refractivity contribution >= 4 is 35.4 Å². The van der Waals surface area contributed by atoms with Crippen molar-refractivity contribution in [1.82, 2.24) is 9.97 Å². The molecule has 0 unspecified atom stereocenters. The van der Waals surface area contributed by atoms with Crippen LogP contribution in [0.5, 0.6) is 0 Å². The van der Waals surface area contributed by atoms with E-state index >= 15 is 0 Å². The van der Waals surface area contributed by atoms with Crippen LogP contribution in [-0.4, -0.2) is 43.0 Å². The molecule has 0 spiro atoms. The van der Waals surface area contributed by atoms with Crippen molar-refractivity contribution in [2.45, 2.75) is 19.8 Å².